The zero-order chi connectivity index (χ0) is 27.9. The SMILES string of the molecule is CC1=C(c2ccc(S(C)(=O)=O)c(O)c2)C(c2ccc(OC[C@H](C)N3CC[C@@H](C)C3)cc2)Oc2ccc(O)cc21. The van der Waals surface area contributed by atoms with Gasteiger partial charge in [-0.1, -0.05) is 25.1 Å². The zero-order valence-corrected chi connectivity index (χ0v) is 23.5. The molecular formula is C31H35NO6S. The summed E-state index contributed by atoms with van der Waals surface area (Å²) in [5.74, 6) is 1.93. The number of benzene rings is 3. The summed E-state index contributed by atoms with van der Waals surface area (Å²) in [6.07, 6.45) is 1.77. The Hall–Kier alpha value is -3.49. The molecule has 2 N–H and O–H groups in total. The van der Waals surface area contributed by atoms with Gasteiger partial charge in [-0.25, -0.2) is 8.42 Å². The van der Waals surface area contributed by atoms with Crippen LogP contribution in [0.1, 0.15) is 50.0 Å². The van der Waals surface area contributed by atoms with Crippen molar-refractivity contribution in [2.24, 2.45) is 5.92 Å². The van der Waals surface area contributed by atoms with Gasteiger partial charge in [0.2, 0.25) is 0 Å². The Kier molecular flexibility index (Phi) is 7.35. The van der Waals surface area contributed by atoms with E-state index in [1.165, 1.54) is 18.6 Å². The molecule has 1 unspecified atom stereocenters. The van der Waals surface area contributed by atoms with Gasteiger partial charge in [0.15, 0.2) is 9.84 Å². The number of ether oxygens (including phenoxy) is 2. The normalized spacial score (nSPS) is 20.4. The third-order valence-corrected chi connectivity index (χ3v) is 8.84. The average molecular weight is 550 g/mol. The molecule has 0 amide bonds. The second kappa shape index (κ2) is 10.6. The molecule has 2 aliphatic rings. The van der Waals surface area contributed by atoms with Crippen LogP contribution in [-0.4, -0.2) is 55.5 Å². The van der Waals surface area contributed by atoms with Gasteiger partial charge in [-0.05, 0) is 91.9 Å². The quantitative estimate of drug-likeness (QED) is 0.392. The van der Waals surface area contributed by atoms with E-state index >= 15 is 0 Å². The van der Waals surface area contributed by atoms with E-state index in [1.54, 1.807) is 24.3 Å². The molecule has 2 aliphatic heterocycles. The third-order valence-electron chi connectivity index (χ3n) is 7.70. The Morgan fingerprint density at radius 2 is 1.82 bits per heavy atom. The first-order valence-corrected chi connectivity index (χ1v) is 15.1. The van der Waals surface area contributed by atoms with Gasteiger partial charge in [-0.2, -0.15) is 0 Å². The zero-order valence-electron chi connectivity index (χ0n) is 22.7. The molecule has 39 heavy (non-hydrogen) atoms. The number of sulfone groups is 1. The maximum absolute atomic E-state index is 12.1. The van der Waals surface area contributed by atoms with E-state index in [0.29, 0.717) is 24.0 Å². The molecule has 0 aliphatic carbocycles. The number of likely N-dealkylation sites (tertiary alicyclic amines) is 1. The summed E-state index contributed by atoms with van der Waals surface area (Å²) < 4.78 is 36.7. The fourth-order valence-electron chi connectivity index (χ4n) is 5.47. The molecule has 5 rings (SSSR count). The summed E-state index contributed by atoms with van der Waals surface area (Å²) in [5, 5.41) is 20.7. The molecule has 0 aromatic heterocycles. The van der Waals surface area contributed by atoms with Crippen molar-refractivity contribution in [3.8, 4) is 23.0 Å². The first-order valence-electron chi connectivity index (χ1n) is 13.2. The number of rotatable bonds is 7. The standard InChI is InChI=1S/C31H35NO6S/c1-19-13-14-32(17-19)20(2)18-37-25-9-5-22(6-10-25)31-30(21(3)26-16-24(33)8-11-28(26)38-31)23-7-12-29(27(34)15-23)39(4,35)36/h5-12,15-16,19-20,31,33-34H,13-14,17-18H2,1-4H3/t19-,20+,31?/m1/s1. The van der Waals surface area contributed by atoms with Crippen LogP contribution in [0.25, 0.3) is 11.1 Å². The van der Waals surface area contributed by atoms with Crippen molar-refractivity contribution in [2.45, 2.75) is 44.2 Å². The number of hydrogen-bond donors (Lipinski definition) is 2. The molecule has 7 nitrogen and oxygen atoms in total. The largest absolute Gasteiger partial charge is 0.508 e. The smallest absolute Gasteiger partial charge is 0.179 e. The van der Waals surface area contributed by atoms with Crippen molar-refractivity contribution in [2.75, 3.05) is 26.0 Å². The van der Waals surface area contributed by atoms with Crippen LogP contribution in [-0.2, 0) is 9.84 Å². The number of fused-ring (bicyclic) bond motifs is 1. The lowest BCUT2D eigenvalue weighted by atomic mass is 9.86. The molecule has 3 aromatic carbocycles. The number of phenols is 2. The Balaban J connectivity index is 1.45. The van der Waals surface area contributed by atoms with Gasteiger partial charge in [0, 0.05) is 30.0 Å². The Labute approximate surface area is 230 Å². The minimum absolute atomic E-state index is 0.115. The summed E-state index contributed by atoms with van der Waals surface area (Å²) in [4.78, 5) is 2.34. The summed E-state index contributed by atoms with van der Waals surface area (Å²) in [6.45, 7) is 9.24. The van der Waals surface area contributed by atoms with Crippen LogP contribution in [0.2, 0.25) is 0 Å². The second-order valence-corrected chi connectivity index (χ2v) is 12.8. The average Bonchev–Trinajstić information content (AvgIpc) is 3.33. The maximum Gasteiger partial charge on any atom is 0.179 e. The van der Waals surface area contributed by atoms with Gasteiger partial charge < -0.3 is 19.7 Å². The monoisotopic (exact) mass is 549 g/mol. The van der Waals surface area contributed by atoms with E-state index in [0.717, 1.165) is 53.3 Å². The molecule has 0 radical (unpaired) electrons. The van der Waals surface area contributed by atoms with Gasteiger partial charge >= 0.3 is 0 Å². The number of hydrogen-bond acceptors (Lipinski definition) is 7. The van der Waals surface area contributed by atoms with E-state index in [9.17, 15) is 18.6 Å². The molecule has 3 atom stereocenters. The predicted molar refractivity (Wildman–Crippen MR) is 152 cm³/mol. The lowest BCUT2D eigenvalue weighted by Gasteiger charge is -2.31. The highest BCUT2D eigenvalue weighted by Gasteiger charge is 2.30. The van der Waals surface area contributed by atoms with Gasteiger partial charge in [0.25, 0.3) is 0 Å². The molecule has 0 spiro atoms. The Morgan fingerprint density at radius 1 is 1.08 bits per heavy atom. The number of aromatic hydroxyl groups is 2. The van der Waals surface area contributed by atoms with Crippen LogP contribution in [0.15, 0.2) is 65.6 Å². The van der Waals surface area contributed by atoms with Crippen LogP contribution in [0.5, 0.6) is 23.0 Å². The highest BCUT2D eigenvalue weighted by atomic mass is 32.2. The van der Waals surface area contributed by atoms with Crippen LogP contribution in [0.3, 0.4) is 0 Å². The summed E-state index contributed by atoms with van der Waals surface area (Å²) in [5.41, 5.74) is 3.87. The van der Waals surface area contributed by atoms with Gasteiger partial charge in [-0.3, -0.25) is 4.90 Å². The third kappa shape index (κ3) is 5.63. The molecule has 1 saturated heterocycles. The van der Waals surface area contributed by atoms with Crippen molar-refractivity contribution >= 4 is 21.0 Å². The fraction of sp³-hybridized carbons (Fsp3) is 0.355. The predicted octanol–water partition coefficient (Wildman–Crippen LogP) is 5.67. The minimum Gasteiger partial charge on any atom is -0.508 e. The second-order valence-electron chi connectivity index (χ2n) is 10.8. The minimum atomic E-state index is -3.59. The summed E-state index contributed by atoms with van der Waals surface area (Å²) >= 11 is 0. The molecule has 3 aromatic rings. The van der Waals surface area contributed by atoms with Gasteiger partial charge in [-0.15, -0.1) is 0 Å². The van der Waals surface area contributed by atoms with Crippen molar-refractivity contribution in [1.29, 1.82) is 0 Å². The molecule has 0 saturated carbocycles. The van der Waals surface area contributed by atoms with Crippen molar-refractivity contribution < 1.29 is 28.1 Å². The van der Waals surface area contributed by atoms with E-state index in [1.807, 2.05) is 31.2 Å². The summed E-state index contributed by atoms with van der Waals surface area (Å²) in [7, 11) is -3.59. The molecule has 2 heterocycles. The Bertz CT molecular complexity index is 1510. The first kappa shape index (κ1) is 27.1. The highest BCUT2D eigenvalue weighted by molar-refractivity contribution is 7.90. The Morgan fingerprint density at radius 3 is 2.46 bits per heavy atom. The number of allylic oxidation sites excluding steroid dienone is 1. The van der Waals surface area contributed by atoms with Crippen LogP contribution < -0.4 is 9.47 Å². The van der Waals surface area contributed by atoms with E-state index in [4.69, 9.17) is 9.47 Å². The van der Waals surface area contributed by atoms with E-state index < -0.39 is 15.9 Å². The summed E-state index contributed by atoms with van der Waals surface area (Å²) in [6, 6.07) is 17.6. The molecule has 0 bridgehead atoms. The lowest BCUT2D eigenvalue weighted by molar-refractivity contribution is 0.169. The fourth-order valence-corrected chi connectivity index (χ4v) is 6.23. The highest BCUT2D eigenvalue weighted by Crippen LogP contribution is 2.48. The van der Waals surface area contributed by atoms with E-state index in [-0.39, 0.29) is 16.4 Å². The van der Waals surface area contributed by atoms with Gasteiger partial charge in [0.1, 0.15) is 40.6 Å². The molecule has 206 valence electrons. The molecule has 1 fully saturated rings. The lowest BCUT2D eigenvalue weighted by Crippen LogP contribution is -2.35. The molecular weight excluding hydrogens is 514 g/mol. The number of phenolic OH excluding ortho intramolecular Hbond substituents is 2. The van der Waals surface area contributed by atoms with Crippen molar-refractivity contribution in [3.63, 3.8) is 0 Å². The maximum atomic E-state index is 12.1. The van der Waals surface area contributed by atoms with Crippen molar-refractivity contribution in [1.82, 2.24) is 4.90 Å². The topological polar surface area (TPSA) is 96.3 Å². The number of nitrogens with zero attached hydrogens (tertiary/aromatic N) is 1. The van der Waals surface area contributed by atoms with E-state index in [2.05, 4.69) is 18.7 Å². The van der Waals surface area contributed by atoms with Gasteiger partial charge in [0.05, 0.1) is 0 Å². The molecule has 8 heteroatoms. The van der Waals surface area contributed by atoms with Crippen LogP contribution in [0, 0.1) is 5.92 Å². The first-order chi connectivity index (χ1) is 18.5. The van der Waals surface area contributed by atoms with Crippen LogP contribution in [0.4, 0.5) is 0 Å². The van der Waals surface area contributed by atoms with Crippen molar-refractivity contribution in [3.05, 3.63) is 77.4 Å². The van der Waals surface area contributed by atoms with Crippen LogP contribution >= 0.6 is 0 Å².